The zero-order valence-electron chi connectivity index (χ0n) is 12.0. The molecular weight excluding hydrogens is 299 g/mol. The van der Waals surface area contributed by atoms with Crippen LogP contribution in [0.1, 0.15) is 26.3 Å². The van der Waals surface area contributed by atoms with Crippen LogP contribution in [0.15, 0.2) is 18.2 Å². The Balaban J connectivity index is 2.51. The van der Waals surface area contributed by atoms with Crippen LogP contribution in [0.4, 0.5) is 0 Å². The molecule has 0 aromatic heterocycles. The van der Waals surface area contributed by atoms with Crippen molar-refractivity contribution in [3.63, 3.8) is 0 Å². The second-order valence-corrected chi connectivity index (χ2v) is 6.60. The molecule has 5 heteroatoms. The van der Waals surface area contributed by atoms with Gasteiger partial charge in [0.15, 0.2) is 0 Å². The lowest BCUT2D eigenvalue weighted by molar-refractivity contribution is -0.148. The van der Waals surface area contributed by atoms with Crippen LogP contribution in [0.25, 0.3) is 0 Å². The highest BCUT2D eigenvalue weighted by Crippen LogP contribution is 2.27. The number of carboxylic acids is 1. The van der Waals surface area contributed by atoms with E-state index in [0.29, 0.717) is 23.1 Å². The van der Waals surface area contributed by atoms with E-state index in [4.69, 9.17) is 27.9 Å². The number of rotatable bonds is 6. The minimum atomic E-state index is -0.840. The van der Waals surface area contributed by atoms with Gasteiger partial charge in [-0.05, 0) is 29.5 Å². The highest BCUT2D eigenvalue weighted by Gasteiger charge is 2.31. The molecule has 0 radical (unpaired) electrons. The molecule has 1 unspecified atom stereocenters. The Morgan fingerprint density at radius 2 is 1.85 bits per heavy atom. The van der Waals surface area contributed by atoms with Gasteiger partial charge < -0.3 is 9.84 Å². The van der Waals surface area contributed by atoms with E-state index in [0.717, 1.165) is 5.56 Å². The molecule has 0 heterocycles. The van der Waals surface area contributed by atoms with Gasteiger partial charge in [0.05, 0.1) is 19.1 Å². The molecule has 0 fully saturated rings. The minimum absolute atomic E-state index is 0.181. The van der Waals surface area contributed by atoms with E-state index in [1.165, 1.54) is 0 Å². The highest BCUT2D eigenvalue weighted by atomic mass is 35.5. The predicted octanol–water partition coefficient (Wildman–Crippen LogP) is 4.30. The molecule has 3 nitrogen and oxygen atoms in total. The number of carbonyl (C=O) groups is 1. The zero-order valence-corrected chi connectivity index (χ0v) is 13.5. The lowest BCUT2D eigenvalue weighted by atomic mass is 9.81. The van der Waals surface area contributed by atoms with E-state index in [2.05, 4.69) is 0 Å². The maximum atomic E-state index is 11.2. The SMILES string of the molecule is CC(C)(C)C(COCCc1c(Cl)cccc1Cl)C(=O)O. The first-order valence-electron chi connectivity index (χ1n) is 6.47. The number of hydrogen-bond acceptors (Lipinski definition) is 2. The summed E-state index contributed by atoms with van der Waals surface area (Å²) in [5.41, 5.74) is 0.492. The summed E-state index contributed by atoms with van der Waals surface area (Å²) in [4.78, 5) is 11.2. The summed E-state index contributed by atoms with van der Waals surface area (Å²) in [6, 6.07) is 5.34. The van der Waals surface area contributed by atoms with E-state index in [-0.39, 0.29) is 12.0 Å². The fraction of sp³-hybridized carbons (Fsp3) is 0.533. The van der Waals surface area contributed by atoms with Crippen molar-refractivity contribution in [1.29, 1.82) is 0 Å². The molecule has 0 saturated carbocycles. The molecular formula is C15H20Cl2O3. The third-order valence-electron chi connectivity index (χ3n) is 3.19. The van der Waals surface area contributed by atoms with Crippen LogP contribution in [0.3, 0.4) is 0 Å². The third kappa shape index (κ3) is 4.97. The first-order valence-corrected chi connectivity index (χ1v) is 7.22. The molecule has 1 rings (SSSR count). The van der Waals surface area contributed by atoms with E-state index in [1.54, 1.807) is 18.2 Å². The van der Waals surface area contributed by atoms with Crippen LogP contribution in [0.2, 0.25) is 10.0 Å². The van der Waals surface area contributed by atoms with Crippen molar-refractivity contribution >= 4 is 29.2 Å². The standard InChI is InChI=1S/C15H20Cl2O3/c1-15(2,3)11(14(18)19)9-20-8-7-10-12(16)5-4-6-13(10)17/h4-6,11H,7-9H2,1-3H3,(H,18,19). The smallest absolute Gasteiger partial charge is 0.309 e. The summed E-state index contributed by atoms with van der Waals surface area (Å²) in [5.74, 6) is -1.38. The molecule has 0 spiro atoms. The molecule has 1 N–H and O–H groups in total. The molecule has 1 atom stereocenters. The maximum Gasteiger partial charge on any atom is 0.309 e. The Morgan fingerprint density at radius 3 is 2.30 bits per heavy atom. The maximum absolute atomic E-state index is 11.2. The Morgan fingerprint density at radius 1 is 1.30 bits per heavy atom. The molecule has 0 amide bonds. The van der Waals surface area contributed by atoms with Gasteiger partial charge in [-0.2, -0.15) is 0 Å². The summed E-state index contributed by atoms with van der Waals surface area (Å²) in [6.45, 7) is 6.24. The number of carboxylic acid groups (broad SMARTS) is 1. The van der Waals surface area contributed by atoms with E-state index in [1.807, 2.05) is 20.8 Å². The molecule has 1 aromatic carbocycles. The quantitative estimate of drug-likeness (QED) is 0.795. The van der Waals surface area contributed by atoms with Gasteiger partial charge in [-0.1, -0.05) is 50.0 Å². The first-order chi connectivity index (χ1) is 9.23. The van der Waals surface area contributed by atoms with Gasteiger partial charge in [-0.3, -0.25) is 4.79 Å². The lowest BCUT2D eigenvalue weighted by Gasteiger charge is -2.26. The van der Waals surface area contributed by atoms with Crippen molar-refractivity contribution < 1.29 is 14.6 Å². The van der Waals surface area contributed by atoms with Crippen molar-refractivity contribution in [3.05, 3.63) is 33.8 Å². The topological polar surface area (TPSA) is 46.5 Å². The summed E-state index contributed by atoms with van der Waals surface area (Å²) in [7, 11) is 0. The van der Waals surface area contributed by atoms with Crippen LogP contribution >= 0.6 is 23.2 Å². The van der Waals surface area contributed by atoms with E-state index < -0.39 is 11.9 Å². The van der Waals surface area contributed by atoms with E-state index in [9.17, 15) is 9.90 Å². The van der Waals surface area contributed by atoms with Gasteiger partial charge in [-0.15, -0.1) is 0 Å². The fourth-order valence-corrected chi connectivity index (χ4v) is 2.42. The van der Waals surface area contributed by atoms with Crippen molar-refractivity contribution in [2.45, 2.75) is 27.2 Å². The molecule has 0 saturated heterocycles. The summed E-state index contributed by atoms with van der Waals surface area (Å²) in [6.07, 6.45) is 0.564. The van der Waals surface area contributed by atoms with Gasteiger partial charge in [0.25, 0.3) is 0 Å². The second kappa shape index (κ2) is 7.30. The summed E-state index contributed by atoms with van der Waals surface area (Å²) in [5, 5.41) is 10.4. The van der Waals surface area contributed by atoms with Gasteiger partial charge in [0.1, 0.15) is 0 Å². The normalized spacial score (nSPS) is 13.2. The van der Waals surface area contributed by atoms with Gasteiger partial charge in [0.2, 0.25) is 0 Å². The average Bonchev–Trinajstić information content (AvgIpc) is 2.29. The molecule has 112 valence electrons. The van der Waals surface area contributed by atoms with Gasteiger partial charge in [0, 0.05) is 10.0 Å². The Labute approximate surface area is 129 Å². The second-order valence-electron chi connectivity index (χ2n) is 5.78. The number of hydrogen-bond donors (Lipinski definition) is 1. The lowest BCUT2D eigenvalue weighted by Crippen LogP contribution is -2.32. The molecule has 0 aliphatic heterocycles. The van der Waals surface area contributed by atoms with Crippen LogP contribution in [0.5, 0.6) is 0 Å². The number of benzene rings is 1. The summed E-state index contributed by atoms with van der Waals surface area (Å²) >= 11 is 12.1. The van der Waals surface area contributed by atoms with Crippen LogP contribution < -0.4 is 0 Å². The molecule has 0 aliphatic carbocycles. The summed E-state index contributed by atoms with van der Waals surface area (Å²) < 4.78 is 5.50. The van der Waals surface area contributed by atoms with Crippen LogP contribution in [0, 0.1) is 11.3 Å². The van der Waals surface area contributed by atoms with Crippen molar-refractivity contribution in [2.75, 3.05) is 13.2 Å². The predicted molar refractivity (Wildman–Crippen MR) is 81.6 cm³/mol. The van der Waals surface area contributed by atoms with E-state index >= 15 is 0 Å². The van der Waals surface area contributed by atoms with Gasteiger partial charge >= 0.3 is 5.97 Å². The molecule has 1 aromatic rings. The third-order valence-corrected chi connectivity index (χ3v) is 3.89. The van der Waals surface area contributed by atoms with Gasteiger partial charge in [-0.25, -0.2) is 0 Å². The Hall–Kier alpha value is -0.770. The number of ether oxygens (including phenoxy) is 1. The van der Waals surface area contributed by atoms with Crippen molar-refractivity contribution in [1.82, 2.24) is 0 Å². The Bertz CT molecular complexity index is 446. The number of aliphatic carboxylic acids is 1. The monoisotopic (exact) mass is 318 g/mol. The van der Waals surface area contributed by atoms with Crippen LogP contribution in [-0.4, -0.2) is 24.3 Å². The fourth-order valence-electron chi connectivity index (χ4n) is 1.84. The molecule has 20 heavy (non-hydrogen) atoms. The highest BCUT2D eigenvalue weighted by molar-refractivity contribution is 6.35. The first kappa shape index (κ1) is 17.3. The number of halogens is 2. The largest absolute Gasteiger partial charge is 0.481 e. The Kier molecular flexibility index (Phi) is 6.31. The average molecular weight is 319 g/mol. The van der Waals surface area contributed by atoms with Crippen LogP contribution in [-0.2, 0) is 16.0 Å². The zero-order chi connectivity index (χ0) is 15.3. The molecule has 0 bridgehead atoms. The molecule has 0 aliphatic rings. The van der Waals surface area contributed by atoms with Crippen molar-refractivity contribution in [3.8, 4) is 0 Å². The minimum Gasteiger partial charge on any atom is -0.481 e. The van der Waals surface area contributed by atoms with Crippen molar-refractivity contribution in [2.24, 2.45) is 11.3 Å².